The van der Waals surface area contributed by atoms with E-state index in [4.69, 9.17) is 9.84 Å². The van der Waals surface area contributed by atoms with Crippen molar-refractivity contribution < 1.29 is 19.6 Å². The Balaban J connectivity index is 2.09. The van der Waals surface area contributed by atoms with Gasteiger partial charge in [-0.1, -0.05) is 0 Å². The number of nitrogens with zero attached hydrogens (tertiary/aromatic N) is 4. The van der Waals surface area contributed by atoms with Crippen molar-refractivity contribution in [2.24, 2.45) is 0 Å². The third-order valence-electron chi connectivity index (χ3n) is 4.93. The zero-order valence-corrected chi connectivity index (χ0v) is 15.3. The number of imidazole rings is 1. The van der Waals surface area contributed by atoms with Gasteiger partial charge in [-0.15, -0.1) is 0 Å². The van der Waals surface area contributed by atoms with Crippen molar-refractivity contribution in [2.75, 3.05) is 31.7 Å². The molecule has 2 N–H and O–H groups in total. The molecule has 10 nitrogen and oxygen atoms in total. The summed E-state index contributed by atoms with van der Waals surface area (Å²) in [5.41, 5.74) is 1.83. The molecule has 1 unspecified atom stereocenters. The molecule has 27 heavy (non-hydrogen) atoms. The second kappa shape index (κ2) is 7.78. The van der Waals surface area contributed by atoms with E-state index in [2.05, 4.69) is 10.3 Å². The van der Waals surface area contributed by atoms with Gasteiger partial charge in [0.05, 0.1) is 17.0 Å². The second-order valence-corrected chi connectivity index (χ2v) is 6.54. The zero-order valence-electron chi connectivity index (χ0n) is 15.3. The van der Waals surface area contributed by atoms with Gasteiger partial charge in [0.15, 0.2) is 0 Å². The Hall–Kier alpha value is -2.88. The first-order chi connectivity index (χ1) is 12.9. The Morgan fingerprint density at radius 1 is 1.52 bits per heavy atom. The number of benzene rings is 1. The maximum atomic E-state index is 11.7. The quantitative estimate of drug-likeness (QED) is 0.560. The van der Waals surface area contributed by atoms with E-state index >= 15 is 0 Å². The van der Waals surface area contributed by atoms with Crippen molar-refractivity contribution in [1.82, 2.24) is 14.9 Å². The number of anilines is 1. The fourth-order valence-electron chi connectivity index (χ4n) is 3.73. The van der Waals surface area contributed by atoms with Gasteiger partial charge >= 0.3 is 6.09 Å². The van der Waals surface area contributed by atoms with Gasteiger partial charge < -0.3 is 24.6 Å². The number of aryl methyl sites for hydroxylation is 1. The molecule has 1 aromatic heterocycles. The van der Waals surface area contributed by atoms with Crippen molar-refractivity contribution in [2.45, 2.75) is 32.4 Å². The monoisotopic (exact) mass is 377 g/mol. The average Bonchev–Trinajstić information content (AvgIpc) is 3.20. The average molecular weight is 377 g/mol. The number of carbonyl (C=O) groups is 1. The van der Waals surface area contributed by atoms with Gasteiger partial charge in [0.1, 0.15) is 17.0 Å². The molecule has 0 spiro atoms. The summed E-state index contributed by atoms with van der Waals surface area (Å²) < 4.78 is 7.13. The Bertz CT molecular complexity index is 865. The van der Waals surface area contributed by atoms with Crippen LogP contribution in [-0.2, 0) is 11.3 Å². The lowest BCUT2D eigenvalue weighted by molar-refractivity contribution is -0.384. The van der Waals surface area contributed by atoms with Crippen LogP contribution in [0.4, 0.5) is 16.2 Å². The van der Waals surface area contributed by atoms with E-state index in [0.717, 1.165) is 24.2 Å². The molecule has 1 aromatic carbocycles. The predicted octanol–water partition coefficient (Wildman–Crippen LogP) is 2.14. The summed E-state index contributed by atoms with van der Waals surface area (Å²) in [7, 11) is 1.62. The number of aromatic nitrogens is 2. The molecule has 1 amide bonds. The molecule has 146 valence electrons. The molecule has 0 bridgehead atoms. The number of hydrogen-bond acceptors (Lipinski definition) is 6. The normalized spacial score (nSPS) is 16.8. The van der Waals surface area contributed by atoms with E-state index in [9.17, 15) is 14.9 Å². The maximum absolute atomic E-state index is 11.7. The first-order valence-corrected chi connectivity index (χ1v) is 8.80. The fraction of sp³-hybridized carbons (Fsp3) is 0.529. The van der Waals surface area contributed by atoms with Crippen LogP contribution in [0.25, 0.3) is 11.0 Å². The molecule has 1 aliphatic rings. The van der Waals surface area contributed by atoms with Crippen LogP contribution in [0.15, 0.2) is 12.1 Å². The largest absolute Gasteiger partial charge is 0.465 e. The topological polar surface area (TPSA) is 123 Å². The van der Waals surface area contributed by atoms with Crippen LogP contribution in [0.5, 0.6) is 0 Å². The van der Waals surface area contributed by atoms with Crippen molar-refractivity contribution >= 4 is 28.5 Å². The van der Waals surface area contributed by atoms with Crippen LogP contribution in [-0.4, -0.2) is 58.5 Å². The lowest BCUT2D eigenvalue weighted by Crippen LogP contribution is -2.40. The molecule has 0 aliphatic carbocycles. The Morgan fingerprint density at radius 3 is 2.96 bits per heavy atom. The van der Waals surface area contributed by atoms with Crippen LogP contribution >= 0.6 is 0 Å². The smallest absolute Gasteiger partial charge is 0.404 e. The van der Waals surface area contributed by atoms with Gasteiger partial charge in [0.2, 0.25) is 0 Å². The Labute approximate surface area is 155 Å². The van der Waals surface area contributed by atoms with E-state index in [-0.39, 0.29) is 18.3 Å². The molecule has 1 atom stereocenters. The summed E-state index contributed by atoms with van der Waals surface area (Å²) in [5, 5.41) is 23.0. The first kappa shape index (κ1) is 18.9. The minimum absolute atomic E-state index is 0.0129. The number of rotatable bonds is 7. The molecule has 1 aliphatic heterocycles. The molecule has 1 saturated heterocycles. The fourth-order valence-corrected chi connectivity index (χ4v) is 3.73. The molecule has 3 rings (SSSR count). The minimum atomic E-state index is -1.10. The van der Waals surface area contributed by atoms with Crippen LogP contribution in [0, 0.1) is 17.0 Å². The number of methoxy groups -OCH3 is 1. The molecule has 0 radical (unpaired) electrons. The van der Waals surface area contributed by atoms with E-state index in [1.165, 1.54) is 6.07 Å². The molecule has 1 fully saturated rings. The van der Waals surface area contributed by atoms with Gasteiger partial charge in [-0.3, -0.25) is 10.1 Å². The molecule has 2 heterocycles. The summed E-state index contributed by atoms with van der Waals surface area (Å²) in [5.74, 6) is 0.753. The standard InChI is InChI=1S/C17H23N5O5/c1-11-19-15-13(20(11)8-9-27-2)5-6-14(22(25)26)16(15)21-7-3-4-12(21)10-18-17(23)24/h5-6,12,18H,3-4,7-10H2,1-2H3,(H,23,24). The number of nitro benzene ring substituents is 1. The van der Waals surface area contributed by atoms with E-state index < -0.39 is 11.0 Å². The lowest BCUT2D eigenvalue weighted by Gasteiger charge is -2.26. The van der Waals surface area contributed by atoms with Gasteiger partial charge in [-0.05, 0) is 25.8 Å². The number of hydrogen-bond donors (Lipinski definition) is 2. The molecular formula is C17H23N5O5. The van der Waals surface area contributed by atoms with E-state index in [1.54, 1.807) is 13.2 Å². The highest BCUT2D eigenvalue weighted by molar-refractivity contribution is 5.95. The first-order valence-electron chi connectivity index (χ1n) is 8.80. The SMILES string of the molecule is COCCn1c(C)nc2c(N3CCCC3CNC(=O)O)c([N+](=O)[O-])ccc21. The minimum Gasteiger partial charge on any atom is -0.465 e. The van der Waals surface area contributed by atoms with Crippen molar-refractivity contribution in [1.29, 1.82) is 0 Å². The highest BCUT2D eigenvalue weighted by atomic mass is 16.6. The number of nitrogens with one attached hydrogen (secondary N) is 1. The van der Waals surface area contributed by atoms with Crippen LogP contribution in [0.1, 0.15) is 18.7 Å². The van der Waals surface area contributed by atoms with Crippen LogP contribution in [0.3, 0.4) is 0 Å². The van der Waals surface area contributed by atoms with Crippen LogP contribution < -0.4 is 10.2 Å². The second-order valence-electron chi connectivity index (χ2n) is 6.54. The van der Waals surface area contributed by atoms with Gasteiger partial charge in [0, 0.05) is 38.9 Å². The van der Waals surface area contributed by atoms with E-state index in [0.29, 0.717) is 30.9 Å². The van der Waals surface area contributed by atoms with E-state index in [1.807, 2.05) is 16.4 Å². The molecular weight excluding hydrogens is 354 g/mol. The van der Waals surface area contributed by atoms with Crippen molar-refractivity contribution in [3.05, 3.63) is 28.1 Å². The Morgan fingerprint density at radius 2 is 2.30 bits per heavy atom. The number of carboxylic acid groups (broad SMARTS) is 1. The summed E-state index contributed by atoms with van der Waals surface area (Å²) in [6.07, 6.45) is 0.495. The number of ether oxygens (including phenoxy) is 1. The highest BCUT2D eigenvalue weighted by Crippen LogP contribution is 2.39. The highest BCUT2D eigenvalue weighted by Gasteiger charge is 2.33. The van der Waals surface area contributed by atoms with Crippen LogP contribution in [0.2, 0.25) is 0 Å². The molecule has 2 aromatic rings. The predicted molar refractivity (Wildman–Crippen MR) is 99.4 cm³/mol. The molecule has 10 heteroatoms. The third kappa shape index (κ3) is 3.65. The summed E-state index contributed by atoms with van der Waals surface area (Å²) in [4.78, 5) is 28.7. The third-order valence-corrected chi connectivity index (χ3v) is 4.93. The number of amides is 1. The molecule has 0 saturated carbocycles. The Kier molecular flexibility index (Phi) is 5.45. The maximum Gasteiger partial charge on any atom is 0.404 e. The van der Waals surface area contributed by atoms with Crippen molar-refractivity contribution in [3.8, 4) is 0 Å². The van der Waals surface area contributed by atoms with Gasteiger partial charge in [-0.2, -0.15) is 0 Å². The van der Waals surface area contributed by atoms with Crippen molar-refractivity contribution in [3.63, 3.8) is 0 Å². The summed E-state index contributed by atoms with van der Waals surface area (Å²) in [6.45, 7) is 3.80. The summed E-state index contributed by atoms with van der Waals surface area (Å²) >= 11 is 0. The number of fused-ring (bicyclic) bond motifs is 1. The zero-order chi connectivity index (χ0) is 19.6. The summed E-state index contributed by atoms with van der Waals surface area (Å²) in [6, 6.07) is 3.07. The van der Waals surface area contributed by atoms with Gasteiger partial charge in [0.25, 0.3) is 5.69 Å². The lowest BCUT2D eigenvalue weighted by atomic mass is 10.1. The van der Waals surface area contributed by atoms with Gasteiger partial charge in [-0.25, -0.2) is 9.78 Å². The number of nitro groups is 1.